The summed E-state index contributed by atoms with van der Waals surface area (Å²) in [6, 6.07) is 4.96. The van der Waals surface area contributed by atoms with Crippen molar-refractivity contribution in [3.05, 3.63) is 33.8 Å². The van der Waals surface area contributed by atoms with E-state index in [1.165, 1.54) is 4.90 Å². The average Bonchev–Trinajstić information content (AvgIpc) is 2.77. The highest BCUT2D eigenvalue weighted by Gasteiger charge is 2.35. The van der Waals surface area contributed by atoms with E-state index in [2.05, 4.69) is 21.2 Å². The molecule has 1 aromatic carbocycles. The smallest absolute Gasteiger partial charge is 0.261 e. The van der Waals surface area contributed by atoms with Crippen molar-refractivity contribution in [3.8, 4) is 0 Å². The van der Waals surface area contributed by atoms with Crippen LogP contribution in [0, 0.1) is 0 Å². The van der Waals surface area contributed by atoms with Gasteiger partial charge < -0.3 is 10.2 Å². The highest BCUT2D eigenvalue weighted by molar-refractivity contribution is 9.10. The Hall–Kier alpha value is -2.22. The van der Waals surface area contributed by atoms with Gasteiger partial charge in [0.25, 0.3) is 11.8 Å². The van der Waals surface area contributed by atoms with Crippen molar-refractivity contribution in [2.24, 2.45) is 0 Å². The number of nitrogens with one attached hydrogen (secondary N) is 1. The van der Waals surface area contributed by atoms with Crippen LogP contribution in [-0.4, -0.2) is 59.1 Å². The van der Waals surface area contributed by atoms with Gasteiger partial charge in [-0.3, -0.25) is 24.1 Å². The third-order valence-corrected chi connectivity index (χ3v) is 4.52. The average molecular weight is 438 g/mol. The number of likely N-dealkylation sites (N-methyl/N-ethyl adjacent to an activating group) is 1. The predicted molar refractivity (Wildman–Crippen MR) is 104 cm³/mol. The van der Waals surface area contributed by atoms with Crippen molar-refractivity contribution < 1.29 is 19.2 Å². The molecule has 0 saturated heterocycles. The Morgan fingerprint density at radius 3 is 2.41 bits per heavy atom. The fourth-order valence-electron chi connectivity index (χ4n) is 2.81. The molecule has 0 atom stereocenters. The summed E-state index contributed by atoms with van der Waals surface area (Å²) in [6.45, 7) is 5.74. The van der Waals surface area contributed by atoms with Crippen molar-refractivity contribution in [2.45, 2.75) is 39.2 Å². The van der Waals surface area contributed by atoms with E-state index in [0.717, 1.165) is 9.37 Å². The summed E-state index contributed by atoms with van der Waals surface area (Å²) >= 11 is 3.29. The van der Waals surface area contributed by atoms with E-state index in [4.69, 9.17) is 0 Å². The van der Waals surface area contributed by atoms with Crippen LogP contribution in [-0.2, 0) is 9.59 Å². The molecule has 2 rings (SSSR count). The molecule has 4 amide bonds. The Kier molecular flexibility index (Phi) is 6.41. The van der Waals surface area contributed by atoms with Crippen LogP contribution in [0.25, 0.3) is 0 Å². The minimum Gasteiger partial charge on any atom is -0.350 e. The number of benzene rings is 1. The Balaban J connectivity index is 1.84. The first-order valence-electron chi connectivity index (χ1n) is 8.70. The fraction of sp³-hybridized carbons (Fsp3) is 0.474. The number of halogens is 1. The van der Waals surface area contributed by atoms with Gasteiger partial charge in [-0.1, -0.05) is 15.9 Å². The Labute approximate surface area is 167 Å². The highest BCUT2D eigenvalue weighted by atomic mass is 79.9. The zero-order valence-corrected chi connectivity index (χ0v) is 17.6. The molecular weight excluding hydrogens is 414 g/mol. The van der Waals surface area contributed by atoms with Crippen LogP contribution in [0.15, 0.2) is 22.7 Å². The summed E-state index contributed by atoms with van der Waals surface area (Å²) < 4.78 is 0.731. The third-order valence-electron chi connectivity index (χ3n) is 4.03. The second-order valence-electron chi connectivity index (χ2n) is 7.60. The summed E-state index contributed by atoms with van der Waals surface area (Å²) in [5, 5.41) is 2.80. The number of fused-ring (bicyclic) bond motifs is 1. The molecule has 0 saturated carbocycles. The lowest BCUT2D eigenvalue weighted by Crippen LogP contribution is -2.46. The maximum Gasteiger partial charge on any atom is 0.261 e. The van der Waals surface area contributed by atoms with Crippen LogP contribution in [0.1, 0.15) is 54.3 Å². The normalized spacial score (nSPS) is 13.6. The van der Waals surface area contributed by atoms with Gasteiger partial charge in [-0.25, -0.2) is 0 Å². The molecule has 27 heavy (non-hydrogen) atoms. The molecule has 7 nitrogen and oxygen atoms in total. The molecule has 0 bridgehead atoms. The number of imide groups is 1. The first kappa shape index (κ1) is 21.1. The Morgan fingerprint density at radius 1 is 1.15 bits per heavy atom. The molecule has 146 valence electrons. The number of hydrogen-bond acceptors (Lipinski definition) is 4. The summed E-state index contributed by atoms with van der Waals surface area (Å²) in [7, 11) is 1.56. The molecule has 1 aromatic rings. The van der Waals surface area contributed by atoms with Gasteiger partial charge in [-0.05, 0) is 45.4 Å². The third kappa shape index (κ3) is 5.38. The zero-order valence-electron chi connectivity index (χ0n) is 16.0. The van der Waals surface area contributed by atoms with Crippen LogP contribution in [0.2, 0.25) is 0 Å². The summed E-state index contributed by atoms with van der Waals surface area (Å²) in [6.07, 6.45) is 0.493. The maximum absolute atomic E-state index is 12.4. The fourth-order valence-corrected chi connectivity index (χ4v) is 3.17. The highest BCUT2D eigenvalue weighted by Crippen LogP contribution is 2.26. The quantitative estimate of drug-likeness (QED) is 0.690. The summed E-state index contributed by atoms with van der Waals surface area (Å²) in [5.41, 5.74) is 0.392. The molecule has 0 radical (unpaired) electrons. The zero-order chi connectivity index (χ0) is 20.4. The lowest BCUT2D eigenvalue weighted by atomic mass is 10.1. The minimum absolute atomic E-state index is 0.0306. The predicted octanol–water partition coefficient (Wildman–Crippen LogP) is 2.20. The second kappa shape index (κ2) is 8.21. The van der Waals surface area contributed by atoms with Gasteiger partial charge in [0.15, 0.2) is 0 Å². The van der Waals surface area contributed by atoms with Gasteiger partial charge in [0.1, 0.15) is 0 Å². The molecule has 1 aliphatic heterocycles. The van der Waals surface area contributed by atoms with Crippen molar-refractivity contribution in [2.75, 3.05) is 20.1 Å². The van der Waals surface area contributed by atoms with Crippen molar-refractivity contribution >= 4 is 39.6 Å². The van der Waals surface area contributed by atoms with E-state index in [-0.39, 0.29) is 48.7 Å². The molecule has 1 N–H and O–H groups in total. The van der Waals surface area contributed by atoms with Crippen LogP contribution < -0.4 is 5.32 Å². The van der Waals surface area contributed by atoms with Crippen molar-refractivity contribution in [3.63, 3.8) is 0 Å². The standard InChI is InChI=1S/C19H24BrN3O4/c1-19(2,3)21-15(24)11-22(4)16(25)6-5-9-23-17(26)13-8-7-12(20)10-14(13)18(23)27/h7-8,10H,5-6,9,11H2,1-4H3,(H,21,24). The molecule has 0 aliphatic carbocycles. The van der Waals surface area contributed by atoms with Gasteiger partial charge >= 0.3 is 0 Å². The van der Waals surface area contributed by atoms with E-state index in [9.17, 15) is 19.2 Å². The lowest BCUT2D eigenvalue weighted by molar-refractivity contribution is -0.135. The molecule has 0 spiro atoms. The van der Waals surface area contributed by atoms with E-state index < -0.39 is 0 Å². The number of carbonyl (C=O) groups is 4. The van der Waals surface area contributed by atoms with Crippen LogP contribution in [0.5, 0.6) is 0 Å². The van der Waals surface area contributed by atoms with Crippen molar-refractivity contribution in [1.29, 1.82) is 0 Å². The van der Waals surface area contributed by atoms with E-state index >= 15 is 0 Å². The molecule has 0 fully saturated rings. The first-order valence-corrected chi connectivity index (χ1v) is 9.49. The van der Waals surface area contributed by atoms with E-state index in [1.54, 1.807) is 25.2 Å². The van der Waals surface area contributed by atoms with Gasteiger partial charge in [0.2, 0.25) is 11.8 Å². The SMILES string of the molecule is CN(CC(=O)NC(C)(C)C)C(=O)CCCN1C(=O)c2ccc(Br)cc2C1=O. The topological polar surface area (TPSA) is 86.8 Å². The van der Waals surface area contributed by atoms with Crippen molar-refractivity contribution in [1.82, 2.24) is 15.1 Å². The summed E-state index contributed by atoms with van der Waals surface area (Å²) in [5.74, 6) is -1.13. The molecular formula is C19H24BrN3O4. The molecule has 0 aromatic heterocycles. The Bertz CT molecular complexity index is 786. The first-order chi connectivity index (χ1) is 12.5. The van der Waals surface area contributed by atoms with Crippen LogP contribution >= 0.6 is 15.9 Å². The largest absolute Gasteiger partial charge is 0.350 e. The minimum atomic E-state index is -0.360. The van der Waals surface area contributed by atoms with Crippen LogP contribution in [0.4, 0.5) is 0 Å². The number of carbonyl (C=O) groups excluding carboxylic acids is 4. The number of amides is 4. The molecule has 8 heteroatoms. The second-order valence-corrected chi connectivity index (χ2v) is 8.52. The van der Waals surface area contributed by atoms with Gasteiger partial charge in [-0.2, -0.15) is 0 Å². The number of hydrogen-bond donors (Lipinski definition) is 1. The van der Waals surface area contributed by atoms with E-state index in [0.29, 0.717) is 17.5 Å². The summed E-state index contributed by atoms with van der Waals surface area (Å²) in [4.78, 5) is 51.3. The van der Waals surface area contributed by atoms with Crippen LogP contribution in [0.3, 0.4) is 0 Å². The van der Waals surface area contributed by atoms with Gasteiger partial charge in [-0.15, -0.1) is 0 Å². The lowest BCUT2D eigenvalue weighted by Gasteiger charge is -2.23. The molecule has 1 aliphatic rings. The van der Waals surface area contributed by atoms with Gasteiger partial charge in [0.05, 0.1) is 17.7 Å². The van der Waals surface area contributed by atoms with Gasteiger partial charge in [0, 0.05) is 30.0 Å². The van der Waals surface area contributed by atoms with E-state index in [1.807, 2.05) is 20.8 Å². The maximum atomic E-state index is 12.4. The molecule has 0 unspecified atom stereocenters. The number of nitrogens with zero attached hydrogens (tertiary/aromatic N) is 2. The molecule has 1 heterocycles. The number of rotatable bonds is 6. The monoisotopic (exact) mass is 437 g/mol. The Morgan fingerprint density at radius 2 is 1.78 bits per heavy atom.